The van der Waals surface area contributed by atoms with Gasteiger partial charge < -0.3 is 9.30 Å². The second kappa shape index (κ2) is 12.0. The van der Waals surface area contributed by atoms with Crippen LogP contribution in [0.25, 0.3) is 22.0 Å². The Labute approximate surface area is 232 Å². The molecule has 206 valence electrons. The van der Waals surface area contributed by atoms with Crippen molar-refractivity contribution in [1.82, 2.24) is 14.4 Å². The van der Waals surface area contributed by atoms with Crippen LogP contribution in [0, 0.1) is 0 Å². The van der Waals surface area contributed by atoms with Gasteiger partial charge in [0.25, 0.3) is 0 Å². The van der Waals surface area contributed by atoms with E-state index in [1.165, 1.54) is 17.7 Å². The lowest BCUT2D eigenvalue weighted by Crippen LogP contribution is -2.45. The summed E-state index contributed by atoms with van der Waals surface area (Å²) < 4.78 is 44.2. The van der Waals surface area contributed by atoms with Gasteiger partial charge in [0.2, 0.25) is 0 Å². The third-order valence-electron chi connectivity index (χ3n) is 7.32. The first-order valence-corrected chi connectivity index (χ1v) is 13.8. The third-order valence-corrected chi connectivity index (χ3v) is 7.69. The average Bonchev–Trinajstić information content (AvgIpc) is 3.27. The SMILES string of the molecule is CCCCn1cc(-c2ccc(OC(F)(F)F)cc2)c2cc(CN3CCN(Cc4ccccc4Cl)CC3)ccc21. The van der Waals surface area contributed by atoms with Gasteiger partial charge in [0.05, 0.1) is 0 Å². The monoisotopic (exact) mass is 555 g/mol. The van der Waals surface area contributed by atoms with Crippen molar-refractivity contribution in [2.75, 3.05) is 26.2 Å². The summed E-state index contributed by atoms with van der Waals surface area (Å²) in [7, 11) is 0. The number of ether oxygens (including phenoxy) is 1. The molecular formula is C31H33ClF3N3O. The summed E-state index contributed by atoms with van der Waals surface area (Å²) in [5.41, 5.74) is 5.42. The van der Waals surface area contributed by atoms with E-state index in [9.17, 15) is 13.2 Å². The number of alkyl halides is 3. The zero-order chi connectivity index (χ0) is 27.4. The summed E-state index contributed by atoms with van der Waals surface area (Å²) in [6.07, 6.45) is -0.440. The van der Waals surface area contributed by atoms with Crippen molar-refractivity contribution in [3.8, 4) is 16.9 Å². The fourth-order valence-corrected chi connectivity index (χ4v) is 5.45. The van der Waals surface area contributed by atoms with E-state index in [-0.39, 0.29) is 5.75 Å². The summed E-state index contributed by atoms with van der Waals surface area (Å²) in [5.74, 6) is -0.213. The van der Waals surface area contributed by atoms with Crippen LogP contribution >= 0.6 is 11.6 Å². The molecule has 0 spiro atoms. The van der Waals surface area contributed by atoms with Crippen LogP contribution in [-0.2, 0) is 19.6 Å². The predicted molar refractivity (Wildman–Crippen MR) is 151 cm³/mol. The summed E-state index contributed by atoms with van der Waals surface area (Å²) in [4.78, 5) is 4.92. The Morgan fingerprint density at radius 3 is 2.23 bits per heavy atom. The highest BCUT2D eigenvalue weighted by Gasteiger charge is 2.31. The fourth-order valence-electron chi connectivity index (χ4n) is 5.25. The summed E-state index contributed by atoms with van der Waals surface area (Å²) >= 11 is 6.36. The minimum absolute atomic E-state index is 0.213. The Balaban J connectivity index is 1.32. The Hall–Kier alpha value is -3.00. The molecule has 0 N–H and O–H groups in total. The molecular weight excluding hydrogens is 523 g/mol. The van der Waals surface area contributed by atoms with Crippen LogP contribution in [0.15, 0.2) is 72.9 Å². The Kier molecular flexibility index (Phi) is 8.50. The second-order valence-corrected chi connectivity index (χ2v) is 10.6. The number of nitrogens with zero attached hydrogens (tertiary/aromatic N) is 3. The molecule has 0 bridgehead atoms. The van der Waals surface area contributed by atoms with Crippen LogP contribution in [0.3, 0.4) is 0 Å². The lowest BCUT2D eigenvalue weighted by Gasteiger charge is -2.35. The van der Waals surface area contributed by atoms with Gasteiger partial charge in [-0.15, -0.1) is 13.2 Å². The highest BCUT2D eigenvalue weighted by atomic mass is 35.5. The van der Waals surface area contributed by atoms with Gasteiger partial charge in [-0.2, -0.15) is 0 Å². The van der Waals surface area contributed by atoms with Gasteiger partial charge in [0, 0.05) is 73.5 Å². The van der Waals surface area contributed by atoms with Gasteiger partial charge >= 0.3 is 6.36 Å². The van der Waals surface area contributed by atoms with Gasteiger partial charge in [-0.05, 0) is 53.4 Å². The zero-order valence-corrected chi connectivity index (χ0v) is 22.8. The van der Waals surface area contributed by atoms with Crippen molar-refractivity contribution >= 4 is 22.5 Å². The number of aromatic nitrogens is 1. The van der Waals surface area contributed by atoms with Crippen molar-refractivity contribution in [3.63, 3.8) is 0 Å². The number of aryl methyl sites for hydroxylation is 1. The molecule has 1 aliphatic rings. The topological polar surface area (TPSA) is 20.6 Å². The van der Waals surface area contributed by atoms with E-state index < -0.39 is 6.36 Å². The van der Waals surface area contributed by atoms with Crippen LogP contribution in [0.1, 0.15) is 30.9 Å². The summed E-state index contributed by atoms with van der Waals surface area (Å²) in [6, 6.07) is 20.8. The maximum absolute atomic E-state index is 12.6. The van der Waals surface area contributed by atoms with Gasteiger partial charge in [0.1, 0.15) is 5.75 Å². The second-order valence-electron chi connectivity index (χ2n) is 10.2. The number of hydrogen-bond acceptors (Lipinski definition) is 3. The quantitative estimate of drug-likeness (QED) is 0.209. The predicted octanol–water partition coefficient (Wildman–Crippen LogP) is 7.98. The molecule has 8 heteroatoms. The molecule has 4 aromatic rings. The number of piperazine rings is 1. The van der Waals surface area contributed by atoms with E-state index in [1.807, 2.05) is 18.2 Å². The van der Waals surface area contributed by atoms with Crippen LogP contribution in [0.4, 0.5) is 13.2 Å². The van der Waals surface area contributed by atoms with E-state index in [1.54, 1.807) is 12.1 Å². The molecule has 1 aliphatic heterocycles. The summed E-state index contributed by atoms with van der Waals surface area (Å²) in [6.45, 7) is 8.71. The molecule has 0 saturated carbocycles. The molecule has 0 amide bonds. The van der Waals surface area contributed by atoms with Crippen molar-refractivity contribution in [2.24, 2.45) is 0 Å². The van der Waals surface area contributed by atoms with Crippen LogP contribution in [-0.4, -0.2) is 46.9 Å². The lowest BCUT2D eigenvalue weighted by atomic mass is 10.0. The standard InChI is InChI=1S/C31H33ClF3N3O/c1-2-3-14-38-22-28(24-9-11-26(12-10-24)39-31(33,34)35)27-19-23(8-13-30(27)38)20-36-15-17-37(18-16-36)21-25-6-4-5-7-29(25)32/h4-13,19,22H,2-3,14-18,20-21H2,1H3. The molecule has 1 fully saturated rings. The third kappa shape index (κ3) is 6.96. The van der Waals surface area contributed by atoms with E-state index >= 15 is 0 Å². The Morgan fingerprint density at radius 1 is 0.872 bits per heavy atom. The molecule has 2 heterocycles. The average molecular weight is 556 g/mol. The van der Waals surface area contributed by atoms with Crippen LogP contribution in [0.5, 0.6) is 5.75 Å². The maximum Gasteiger partial charge on any atom is 0.573 e. The molecule has 3 aromatic carbocycles. The zero-order valence-electron chi connectivity index (χ0n) is 22.1. The molecule has 1 saturated heterocycles. The number of fused-ring (bicyclic) bond motifs is 1. The normalized spacial score (nSPS) is 15.2. The van der Waals surface area contributed by atoms with Gasteiger partial charge in [-0.25, -0.2) is 0 Å². The Morgan fingerprint density at radius 2 is 1.56 bits per heavy atom. The van der Waals surface area contributed by atoms with E-state index in [0.29, 0.717) is 0 Å². The lowest BCUT2D eigenvalue weighted by molar-refractivity contribution is -0.274. The van der Waals surface area contributed by atoms with E-state index in [0.717, 1.165) is 91.3 Å². The number of hydrogen-bond donors (Lipinski definition) is 0. The molecule has 0 aliphatic carbocycles. The molecule has 0 radical (unpaired) electrons. The molecule has 0 unspecified atom stereocenters. The van der Waals surface area contributed by atoms with E-state index in [2.05, 4.69) is 56.5 Å². The largest absolute Gasteiger partial charge is 0.573 e. The van der Waals surface area contributed by atoms with Crippen molar-refractivity contribution < 1.29 is 17.9 Å². The number of unbranched alkanes of at least 4 members (excludes halogenated alkanes) is 1. The van der Waals surface area contributed by atoms with Crippen LogP contribution < -0.4 is 4.74 Å². The molecule has 4 nitrogen and oxygen atoms in total. The van der Waals surface area contributed by atoms with Gasteiger partial charge in [0.15, 0.2) is 0 Å². The van der Waals surface area contributed by atoms with E-state index in [4.69, 9.17) is 11.6 Å². The Bertz CT molecular complexity index is 1390. The first kappa shape index (κ1) is 27.6. The van der Waals surface area contributed by atoms with Crippen molar-refractivity contribution in [3.05, 3.63) is 89.1 Å². The molecule has 39 heavy (non-hydrogen) atoms. The number of halogens is 4. The molecule has 5 rings (SSSR count). The van der Waals surface area contributed by atoms with Crippen LogP contribution in [0.2, 0.25) is 5.02 Å². The smallest absolute Gasteiger partial charge is 0.406 e. The highest BCUT2D eigenvalue weighted by Crippen LogP contribution is 2.34. The first-order chi connectivity index (χ1) is 18.8. The molecule has 0 atom stereocenters. The van der Waals surface area contributed by atoms with Gasteiger partial charge in [-0.1, -0.05) is 61.3 Å². The highest BCUT2D eigenvalue weighted by molar-refractivity contribution is 6.31. The van der Waals surface area contributed by atoms with Gasteiger partial charge in [-0.3, -0.25) is 9.80 Å². The first-order valence-electron chi connectivity index (χ1n) is 13.4. The van der Waals surface area contributed by atoms with Crippen molar-refractivity contribution in [2.45, 2.75) is 45.8 Å². The maximum atomic E-state index is 12.6. The minimum Gasteiger partial charge on any atom is -0.406 e. The molecule has 1 aromatic heterocycles. The summed E-state index contributed by atoms with van der Waals surface area (Å²) in [5, 5.41) is 1.93. The number of benzene rings is 3. The fraction of sp³-hybridized carbons (Fsp3) is 0.355. The number of rotatable bonds is 9. The van der Waals surface area contributed by atoms with Crippen molar-refractivity contribution in [1.29, 1.82) is 0 Å². The minimum atomic E-state index is -4.70.